The molecule has 1 aromatic heterocycles. The standard InChI is InChI=1S/C17H19N3O3/c1-12-6-7-15(23-12)17(2,22)11-20-16(21)19-10-14-5-3-4-13(8-14)9-18/h3-8,22H,10-11H2,1-2H3,(H2,19,20,21). The van der Waals surface area contributed by atoms with Gasteiger partial charge in [-0.3, -0.25) is 0 Å². The third kappa shape index (κ3) is 4.59. The predicted octanol–water partition coefficient (Wildman–Crippen LogP) is 2.17. The number of carbonyl (C=O) groups is 1. The minimum atomic E-state index is -1.29. The van der Waals surface area contributed by atoms with E-state index >= 15 is 0 Å². The van der Waals surface area contributed by atoms with Crippen LogP contribution in [0.25, 0.3) is 0 Å². The SMILES string of the molecule is Cc1ccc(C(C)(O)CNC(=O)NCc2cccc(C#N)c2)o1. The molecular weight excluding hydrogens is 294 g/mol. The molecule has 0 fully saturated rings. The van der Waals surface area contributed by atoms with Gasteiger partial charge in [-0.1, -0.05) is 12.1 Å². The van der Waals surface area contributed by atoms with Crippen LogP contribution < -0.4 is 10.6 Å². The van der Waals surface area contributed by atoms with Gasteiger partial charge < -0.3 is 20.2 Å². The van der Waals surface area contributed by atoms with Crippen molar-refractivity contribution in [3.05, 3.63) is 59.0 Å². The summed E-state index contributed by atoms with van der Waals surface area (Å²) in [7, 11) is 0. The summed E-state index contributed by atoms with van der Waals surface area (Å²) < 4.78 is 5.38. The number of rotatable bonds is 5. The summed E-state index contributed by atoms with van der Waals surface area (Å²) in [6.45, 7) is 3.67. The van der Waals surface area contributed by atoms with Crippen molar-refractivity contribution in [3.8, 4) is 6.07 Å². The number of hydrogen-bond acceptors (Lipinski definition) is 4. The van der Waals surface area contributed by atoms with Gasteiger partial charge in [-0.15, -0.1) is 0 Å². The lowest BCUT2D eigenvalue weighted by atomic mass is 10.0. The van der Waals surface area contributed by atoms with Crippen molar-refractivity contribution in [1.29, 1.82) is 5.26 Å². The molecule has 0 aliphatic rings. The minimum absolute atomic E-state index is 0.0179. The molecule has 120 valence electrons. The molecule has 0 saturated heterocycles. The van der Waals surface area contributed by atoms with E-state index in [9.17, 15) is 9.90 Å². The number of urea groups is 1. The smallest absolute Gasteiger partial charge is 0.315 e. The maximum absolute atomic E-state index is 11.8. The van der Waals surface area contributed by atoms with E-state index in [2.05, 4.69) is 10.6 Å². The molecule has 0 bridgehead atoms. The maximum Gasteiger partial charge on any atom is 0.315 e. The van der Waals surface area contributed by atoms with Crippen LogP contribution in [-0.2, 0) is 12.1 Å². The monoisotopic (exact) mass is 313 g/mol. The molecule has 23 heavy (non-hydrogen) atoms. The van der Waals surface area contributed by atoms with Gasteiger partial charge in [-0.05, 0) is 43.7 Å². The summed E-state index contributed by atoms with van der Waals surface area (Å²) in [6.07, 6.45) is 0. The fourth-order valence-electron chi connectivity index (χ4n) is 2.06. The molecule has 6 nitrogen and oxygen atoms in total. The zero-order valence-corrected chi connectivity index (χ0v) is 13.1. The van der Waals surface area contributed by atoms with Crippen LogP contribution in [0.3, 0.4) is 0 Å². The lowest BCUT2D eigenvalue weighted by Gasteiger charge is -2.21. The maximum atomic E-state index is 11.8. The van der Waals surface area contributed by atoms with E-state index in [0.29, 0.717) is 23.6 Å². The van der Waals surface area contributed by atoms with Crippen LogP contribution in [0.15, 0.2) is 40.8 Å². The number of nitrogens with zero attached hydrogens (tertiary/aromatic N) is 1. The molecule has 1 heterocycles. The Labute approximate surface area is 134 Å². The lowest BCUT2D eigenvalue weighted by molar-refractivity contribution is 0.0360. The quantitative estimate of drug-likeness (QED) is 0.788. The van der Waals surface area contributed by atoms with Gasteiger partial charge in [0.25, 0.3) is 0 Å². The van der Waals surface area contributed by atoms with Gasteiger partial charge in [0.2, 0.25) is 0 Å². The first-order valence-electron chi connectivity index (χ1n) is 7.21. The molecule has 6 heteroatoms. The van der Waals surface area contributed by atoms with Gasteiger partial charge in [0.1, 0.15) is 17.1 Å². The van der Waals surface area contributed by atoms with Crippen molar-refractivity contribution in [3.63, 3.8) is 0 Å². The number of hydrogen-bond donors (Lipinski definition) is 3. The number of aryl methyl sites for hydroxylation is 1. The van der Waals surface area contributed by atoms with Crippen molar-refractivity contribution in [1.82, 2.24) is 10.6 Å². The number of nitriles is 1. The summed E-state index contributed by atoms with van der Waals surface area (Å²) in [4.78, 5) is 11.8. The van der Waals surface area contributed by atoms with Gasteiger partial charge in [0.15, 0.2) is 0 Å². The van der Waals surface area contributed by atoms with Crippen LogP contribution in [0.5, 0.6) is 0 Å². The fourth-order valence-corrected chi connectivity index (χ4v) is 2.06. The second kappa shape index (κ2) is 6.99. The van der Waals surface area contributed by atoms with E-state index in [1.165, 1.54) is 0 Å². The van der Waals surface area contributed by atoms with Crippen molar-refractivity contribution in [2.75, 3.05) is 6.54 Å². The van der Waals surface area contributed by atoms with Crippen molar-refractivity contribution in [2.24, 2.45) is 0 Å². The third-order valence-corrected chi connectivity index (χ3v) is 3.37. The molecule has 0 aliphatic heterocycles. The first-order valence-corrected chi connectivity index (χ1v) is 7.21. The molecule has 1 unspecified atom stereocenters. The van der Waals surface area contributed by atoms with Gasteiger partial charge in [0.05, 0.1) is 18.2 Å². The van der Waals surface area contributed by atoms with Crippen molar-refractivity contribution in [2.45, 2.75) is 26.0 Å². The Morgan fingerprint density at radius 1 is 1.35 bits per heavy atom. The Balaban J connectivity index is 1.84. The zero-order chi connectivity index (χ0) is 16.9. The van der Waals surface area contributed by atoms with Gasteiger partial charge in [-0.25, -0.2) is 4.79 Å². The number of nitrogens with one attached hydrogen (secondary N) is 2. The molecule has 0 saturated carbocycles. The first kappa shape index (κ1) is 16.6. The van der Waals surface area contributed by atoms with Crippen LogP contribution in [0.2, 0.25) is 0 Å². The second-order valence-corrected chi connectivity index (χ2v) is 5.53. The molecule has 2 aromatic rings. The molecule has 1 aromatic carbocycles. The Bertz CT molecular complexity index is 729. The first-order chi connectivity index (χ1) is 10.9. The molecule has 0 radical (unpaired) electrons. The molecule has 2 rings (SSSR count). The predicted molar refractivity (Wildman–Crippen MR) is 84.4 cm³/mol. The van der Waals surface area contributed by atoms with Crippen LogP contribution in [-0.4, -0.2) is 17.7 Å². The van der Waals surface area contributed by atoms with E-state index in [-0.39, 0.29) is 6.54 Å². The molecule has 1 atom stereocenters. The highest BCUT2D eigenvalue weighted by Crippen LogP contribution is 2.21. The third-order valence-electron chi connectivity index (χ3n) is 3.37. The lowest BCUT2D eigenvalue weighted by Crippen LogP contribution is -2.43. The average Bonchev–Trinajstić information content (AvgIpc) is 2.98. The van der Waals surface area contributed by atoms with Gasteiger partial charge >= 0.3 is 6.03 Å². The fraction of sp³-hybridized carbons (Fsp3) is 0.294. The number of carbonyl (C=O) groups excluding carboxylic acids is 1. The Morgan fingerprint density at radius 2 is 2.13 bits per heavy atom. The molecule has 3 N–H and O–H groups in total. The van der Waals surface area contributed by atoms with Crippen LogP contribution in [0.1, 0.15) is 29.6 Å². The van der Waals surface area contributed by atoms with Crippen LogP contribution in [0.4, 0.5) is 4.79 Å². The van der Waals surface area contributed by atoms with Crippen molar-refractivity contribution >= 4 is 6.03 Å². The van der Waals surface area contributed by atoms with Crippen LogP contribution >= 0.6 is 0 Å². The van der Waals surface area contributed by atoms with E-state index in [1.807, 2.05) is 12.1 Å². The summed E-state index contributed by atoms with van der Waals surface area (Å²) in [6, 6.07) is 12.1. The Kier molecular flexibility index (Phi) is 5.04. The molecule has 0 aliphatic carbocycles. The molecule has 0 spiro atoms. The van der Waals surface area contributed by atoms with Gasteiger partial charge in [0, 0.05) is 6.54 Å². The summed E-state index contributed by atoms with van der Waals surface area (Å²) in [5, 5.41) is 24.4. The molecule has 2 amide bonds. The average molecular weight is 313 g/mol. The van der Waals surface area contributed by atoms with E-state index in [1.54, 1.807) is 44.2 Å². The highest BCUT2D eigenvalue weighted by Gasteiger charge is 2.27. The summed E-state index contributed by atoms with van der Waals surface area (Å²) in [5.74, 6) is 1.10. The van der Waals surface area contributed by atoms with E-state index in [0.717, 1.165) is 5.56 Å². The largest absolute Gasteiger partial charge is 0.463 e. The summed E-state index contributed by atoms with van der Waals surface area (Å²) in [5.41, 5.74) is 0.0835. The summed E-state index contributed by atoms with van der Waals surface area (Å²) >= 11 is 0. The molecular formula is C17H19N3O3. The zero-order valence-electron chi connectivity index (χ0n) is 13.1. The minimum Gasteiger partial charge on any atom is -0.463 e. The number of benzene rings is 1. The Hall–Kier alpha value is -2.78. The van der Waals surface area contributed by atoms with Gasteiger partial charge in [-0.2, -0.15) is 5.26 Å². The number of aliphatic hydroxyl groups is 1. The van der Waals surface area contributed by atoms with E-state index in [4.69, 9.17) is 9.68 Å². The number of furan rings is 1. The topological polar surface area (TPSA) is 98.3 Å². The van der Waals surface area contributed by atoms with E-state index < -0.39 is 11.6 Å². The number of amides is 2. The Morgan fingerprint density at radius 3 is 2.78 bits per heavy atom. The highest BCUT2D eigenvalue weighted by atomic mass is 16.4. The highest BCUT2D eigenvalue weighted by molar-refractivity contribution is 5.73. The van der Waals surface area contributed by atoms with Crippen molar-refractivity contribution < 1.29 is 14.3 Å². The normalized spacial score (nSPS) is 13.0. The second-order valence-electron chi connectivity index (χ2n) is 5.53. The van der Waals surface area contributed by atoms with Crippen LogP contribution in [0, 0.1) is 18.3 Å².